The highest BCUT2D eigenvalue weighted by Crippen LogP contribution is 2.27. The standard InChI is InChI=1S/C11H9BrN2O2S/c1-6-13-9-4-7(12)2-3-8(9)11(14-6)17-5-10(15)16/h2-4H,5H2,1H3,(H,15,16). The van der Waals surface area contributed by atoms with Gasteiger partial charge in [-0.25, -0.2) is 9.97 Å². The predicted octanol–water partition coefficient (Wildman–Crippen LogP) is 2.88. The lowest BCUT2D eigenvalue weighted by atomic mass is 10.2. The Balaban J connectivity index is 2.50. The van der Waals surface area contributed by atoms with Gasteiger partial charge in [-0.3, -0.25) is 4.79 Å². The fourth-order valence-electron chi connectivity index (χ4n) is 1.42. The molecule has 0 saturated heterocycles. The molecule has 0 bridgehead atoms. The minimum Gasteiger partial charge on any atom is -0.481 e. The number of aliphatic carboxylic acids is 1. The van der Waals surface area contributed by atoms with Gasteiger partial charge in [0.2, 0.25) is 0 Å². The topological polar surface area (TPSA) is 63.1 Å². The number of aromatic nitrogens is 2. The summed E-state index contributed by atoms with van der Waals surface area (Å²) < 4.78 is 0.942. The smallest absolute Gasteiger partial charge is 0.313 e. The molecular weight excluding hydrogens is 304 g/mol. The van der Waals surface area contributed by atoms with Gasteiger partial charge in [0.25, 0.3) is 0 Å². The van der Waals surface area contributed by atoms with Gasteiger partial charge >= 0.3 is 5.97 Å². The van der Waals surface area contributed by atoms with Gasteiger partial charge in [0.1, 0.15) is 10.9 Å². The van der Waals surface area contributed by atoms with Gasteiger partial charge in [-0.2, -0.15) is 0 Å². The summed E-state index contributed by atoms with van der Waals surface area (Å²) in [4.78, 5) is 19.2. The van der Waals surface area contributed by atoms with E-state index in [0.29, 0.717) is 10.9 Å². The van der Waals surface area contributed by atoms with Crippen LogP contribution in [0.2, 0.25) is 0 Å². The Morgan fingerprint density at radius 1 is 1.47 bits per heavy atom. The van der Waals surface area contributed by atoms with Crippen LogP contribution in [0, 0.1) is 6.92 Å². The average molecular weight is 313 g/mol. The molecule has 0 unspecified atom stereocenters. The zero-order valence-electron chi connectivity index (χ0n) is 8.98. The number of aryl methyl sites for hydroxylation is 1. The average Bonchev–Trinajstić information content (AvgIpc) is 2.24. The second kappa shape index (κ2) is 5.01. The summed E-state index contributed by atoms with van der Waals surface area (Å²) >= 11 is 4.59. The predicted molar refractivity (Wildman–Crippen MR) is 70.3 cm³/mol. The van der Waals surface area contributed by atoms with Gasteiger partial charge in [-0.1, -0.05) is 27.7 Å². The highest BCUT2D eigenvalue weighted by molar-refractivity contribution is 9.10. The van der Waals surface area contributed by atoms with Crippen LogP contribution in [-0.2, 0) is 4.79 Å². The van der Waals surface area contributed by atoms with E-state index in [1.54, 1.807) is 6.92 Å². The molecule has 17 heavy (non-hydrogen) atoms. The molecule has 0 amide bonds. The molecule has 6 heteroatoms. The first kappa shape index (κ1) is 12.3. The third-order valence-corrected chi connectivity index (χ3v) is 3.54. The number of carboxylic acids is 1. The highest BCUT2D eigenvalue weighted by atomic mass is 79.9. The van der Waals surface area contributed by atoms with Gasteiger partial charge in [-0.05, 0) is 25.1 Å². The van der Waals surface area contributed by atoms with Crippen LogP contribution >= 0.6 is 27.7 Å². The van der Waals surface area contributed by atoms with Crippen LogP contribution in [0.25, 0.3) is 10.9 Å². The second-order valence-electron chi connectivity index (χ2n) is 3.42. The Kier molecular flexibility index (Phi) is 3.63. The van der Waals surface area contributed by atoms with Gasteiger partial charge in [0.15, 0.2) is 0 Å². The monoisotopic (exact) mass is 312 g/mol. The van der Waals surface area contributed by atoms with E-state index >= 15 is 0 Å². The Hall–Kier alpha value is -1.14. The molecule has 1 N–H and O–H groups in total. The first-order chi connectivity index (χ1) is 8.06. The van der Waals surface area contributed by atoms with E-state index < -0.39 is 5.97 Å². The van der Waals surface area contributed by atoms with E-state index in [9.17, 15) is 4.79 Å². The Bertz CT molecular complexity index is 584. The minimum atomic E-state index is -0.850. The fraction of sp³-hybridized carbons (Fsp3) is 0.182. The van der Waals surface area contributed by atoms with E-state index in [-0.39, 0.29) is 5.75 Å². The number of hydrogen-bond donors (Lipinski definition) is 1. The Morgan fingerprint density at radius 2 is 2.24 bits per heavy atom. The van der Waals surface area contributed by atoms with E-state index in [0.717, 1.165) is 15.4 Å². The lowest BCUT2D eigenvalue weighted by Gasteiger charge is -2.05. The highest BCUT2D eigenvalue weighted by Gasteiger charge is 2.08. The number of benzene rings is 1. The number of carbonyl (C=O) groups is 1. The molecular formula is C11H9BrN2O2S. The quantitative estimate of drug-likeness (QED) is 0.697. The summed E-state index contributed by atoms with van der Waals surface area (Å²) in [6.07, 6.45) is 0. The van der Waals surface area contributed by atoms with Crippen molar-refractivity contribution in [2.45, 2.75) is 11.9 Å². The molecule has 88 valence electrons. The summed E-state index contributed by atoms with van der Waals surface area (Å²) in [5.74, 6) is -0.207. The first-order valence-electron chi connectivity index (χ1n) is 4.85. The maximum atomic E-state index is 10.6. The van der Waals surface area contributed by atoms with Crippen molar-refractivity contribution in [2.24, 2.45) is 0 Å². The molecule has 0 aliphatic rings. The number of nitrogens with zero attached hydrogens (tertiary/aromatic N) is 2. The van der Waals surface area contributed by atoms with E-state index in [4.69, 9.17) is 5.11 Å². The number of thioether (sulfide) groups is 1. The number of hydrogen-bond acceptors (Lipinski definition) is 4. The van der Waals surface area contributed by atoms with Crippen molar-refractivity contribution in [3.8, 4) is 0 Å². The van der Waals surface area contributed by atoms with Crippen molar-refractivity contribution in [3.05, 3.63) is 28.5 Å². The van der Waals surface area contributed by atoms with Crippen molar-refractivity contribution < 1.29 is 9.90 Å². The molecule has 0 aliphatic heterocycles. The van der Waals surface area contributed by atoms with Crippen molar-refractivity contribution >= 4 is 44.6 Å². The fourth-order valence-corrected chi connectivity index (χ4v) is 2.56. The molecule has 0 aliphatic carbocycles. The van der Waals surface area contributed by atoms with Gasteiger partial charge in [-0.15, -0.1) is 0 Å². The first-order valence-corrected chi connectivity index (χ1v) is 6.62. The summed E-state index contributed by atoms with van der Waals surface area (Å²) in [6, 6.07) is 5.68. The maximum absolute atomic E-state index is 10.6. The number of halogens is 1. The summed E-state index contributed by atoms with van der Waals surface area (Å²) in [5, 5.41) is 10.3. The molecule has 4 nitrogen and oxygen atoms in total. The molecule has 0 fully saturated rings. The van der Waals surface area contributed by atoms with Crippen molar-refractivity contribution in [1.29, 1.82) is 0 Å². The van der Waals surface area contributed by atoms with Gasteiger partial charge in [0, 0.05) is 9.86 Å². The molecule has 1 aromatic carbocycles. The SMILES string of the molecule is Cc1nc(SCC(=O)O)c2ccc(Br)cc2n1. The van der Waals surface area contributed by atoms with E-state index in [2.05, 4.69) is 25.9 Å². The van der Waals surface area contributed by atoms with Gasteiger partial charge in [0.05, 0.1) is 11.3 Å². The molecule has 1 heterocycles. The molecule has 2 aromatic rings. The normalized spacial score (nSPS) is 10.7. The number of fused-ring (bicyclic) bond motifs is 1. The molecule has 0 saturated carbocycles. The van der Waals surface area contributed by atoms with Crippen LogP contribution in [0.5, 0.6) is 0 Å². The lowest BCUT2D eigenvalue weighted by Crippen LogP contribution is -2.00. The van der Waals surface area contributed by atoms with E-state index in [1.807, 2.05) is 18.2 Å². The number of carboxylic acid groups (broad SMARTS) is 1. The third-order valence-electron chi connectivity index (χ3n) is 2.07. The van der Waals surface area contributed by atoms with Crippen molar-refractivity contribution in [1.82, 2.24) is 9.97 Å². The van der Waals surface area contributed by atoms with Crippen molar-refractivity contribution in [2.75, 3.05) is 5.75 Å². The van der Waals surface area contributed by atoms with Crippen LogP contribution < -0.4 is 0 Å². The zero-order valence-corrected chi connectivity index (χ0v) is 11.4. The van der Waals surface area contributed by atoms with Crippen LogP contribution in [0.15, 0.2) is 27.7 Å². The summed E-state index contributed by atoms with van der Waals surface area (Å²) in [7, 11) is 0. The van der Waals surface area contributed by atoms with Crippen LogP contribution in [0.1, 0.15) is 5.82 Å². The summed E-state index contributed by atoms with van der Waals surface area (Å²) in [5.41, 5.74) is 0.819. The third kappa shape index (κ3) is 2.95. The lowest BCUT2D eigenvalue weighted by molar-refractivity contribution is -0.133. The summed E-state index contributed by atoms with van der Waals surface area (Å²) in [6.45, 7) is 1.80. The molecule has 0 atom stereocenters. The molecule has 2 rings (SSSR count). The zero-order chi connectivity index (χ0) is 12.4. The van der Waals surface area contributed by atoms with Gasteiger partial charge < -0.3 is 5.11 Å². The minimum absolute atomic E-state index is 0.00160. The Labute approximate surface area is 111 Å². The maximum Gasteiger partial charge on any atom is 0.313 e. The van der Waals surface area contributed by atoms with Crippen LogP contribution in [0.3, 0.4) is 0 Å². The van der Waals surface area contributed by atoms with E-state index in [1.165, 1.54) is 11.8 Å². The van der Waals surface area contributed by atoms with Crippen molar-refractivity contribution in [3.63, 3.8) is 0 Å². The largest absolute Gasteiger partial charge is 0.481 e. The number of rotatable bonds is 3. The second-order valence-corrected chi connectivity index (χ2v) is 5.30. The molecule has 0 radical (unpaired) electrons. The Morgan fingerprint density at radius 3 is 2.94 bits per heavy atom. The van der Waals surface area contributed by atoms with Crippen LogP contribution in [-0.4, -0.2) is 26.8 Å². The molecule has 0 spiro atoms. The molecule has 1 aromatic heterocycles. The van der Waals surface area contributed by atoms with Crippen LogP contribution in [0.4, 0.5) is 0 Å².